The topological polar surface area (TPSA) is 101 Å². The molecule has 4 aromatic rings. The summed E-state index contributed by atoms with van der Waals surface area (Å²) in [6.07, 6.45) is 13.3. The van der Waals surface area contributed by atoms with Crippen LogP contribution in [0, 0.1) is 17.2 Å². The number of nitrogens with zero attached hydrogens (tertiary/aromatic N) is 7. The van der Waals surface area contributed by atoms with Crippen LogP contribution in [-0.4, -0.2) is 76.6 Å². The van der Waals surface area contributed by atoms with Crippen LogP contribution in [0.5, 0.6) is 11.6 Å². The van der Waals surface area contributed by atoms with Gasteiger partial charge in [-0.2, -0.15) is 10.4 Å². The normalized spacial score (nSPS) is 23.5. The summed E-state index contributed by atoms with van der Waals surface area (Å²) in [5.74, 6) is 2.88. The molecule has 3 saturated heterocycles. The molecule has 0 amide bonds. The van der Waals surface area contributed by atoms with Crippen molar-refractivity contribution >= 4 is 11.3 Å². The molecule has 0 N–H and O–H groups in total. The third-order valence-electron chi connectivity index (χ3n) is 9.42. The maximum absolute atomic E-state index is 9.78. The fraction of sp³-hybridized carbons (Fsp3) is 0.455. The summed E-state index contributed by atoms with van der Waals surface area (Å²) in [6.45, 7) is 3.47. The van der Waals surface area contributed by atoms with Crippen LogP contribution in [0.2, 0.25) is 0 Å². The van der Waals surface area contributed by atoms with Gasteiger partial charge in [-0.25, -0.2) is 14.5 Å². The van der Waals surface area contributed by atoms with Crippen molar-refractivity contribution in [3.63, 3.8) is 0 Å². The molecule has 4 fully saturated rings. The van der Waals surface area contributed by atoms with Crippen molar-refractivity contribution in [1.29, 1.82) is 5.26 Å². The number of nitriles is 1. The van der Waals surface area contributed by atoms with Crippen LogP contribution in [0.1, 0.15) is 43.2 Å². The third kappa shape index (κ3) is 5.51. The zero-order valence-corrected chi connectivity index (χ0v) is 24.7. The van der Waals surface area contributed by atoms with Crippen LogP contribution in [0.25, 0.3) is 16.6 Å². The van der Waals surface area contributed by atoms with Crippen molar-refractivity contribution in [2.24, 2.45) is 5.92 Å². The molecule has 7 heterocycles. The minimum Gasteiger partial charge on any atom is -0.492 e. The Labute approximate surface area is 251 Å². The van der Waals surface area contributed by atoms with Crippen molar-refractivity contribution < 1.29 is 14.2 Å². The fourth-order valence-corrected chi connectivity index (χ4v) is 6.93. The van der Waals surface area contributed by atoms with E-state index in [9.17, 15) is 5.26 Å². The van der Waals surface area contributed by atoms with E-state index in [0.717, 1.165) is 73.5 Å². The zero-order valence-electron chi connectivity index (χ0n) is 24.7. The fourth-order valence-electron chi connectivity index (χ4n) is 6.93. The minimum absolute atomic E-state index is 0.370. The van der Waals surface area contributed by atoms with Gasteiger partial charge in [0.15, 0.2) is 0 Å². The number of pyridine rings is 3. The van der Waals surface area contributed by atoms with Gasteiger partial charge >= 0.3 is 0 Å². The number of fused-ring (bicyclic) bond motifs is 3. The number of piperazine rings is 1. The summed E-state index contributed by atoms with van der Waals surface area (Å²) >= 11 is 0. The Balaban J connectivity index is 1.05. The molecular weight excluding hydrogens is 542 g/mol. The van der Waals surface area contributed by atoms with Gasteiger partial charge in [-0.15, -0.1) is 0 Å². The smallest absolute Gasteiger partial charge is 0.212 e. The third-order valence-corrected chi connectivity index (χ3v) is 9.42. The van der Waals surface area contributed by atoms with E-state index in [-0.39, 0.29) is 0 Å². The quantitative estimate of drug-likeness (QED) is 0.279. The molecule has 10 nitrogen and oxygen atoms in total. The molecule has 2 unspecified atom stereocenters. The van der Waals surface area contributed by atoms with Crippen LogP contribution in [-0.2, 0) is 11.3 Å². The number of hydrogen-bond acceptors (Lipinski definition) is 9. The second-order valence-corrected chi connectivity index (χ2v) is 12.0. The number of ether oxygens (including phenoxy) is 3. The van der Waals surface area contributed by atoms with E-state index in [1.165, 1.54) is 12.0 Å². The SMILES string of the molecule is COc1ccc(CN2C3CC2CN(c2ccc(-c4cc(OCC5CCC(OC)CC5)cn5ncc(C#N)c45)cn2)C3)cn1. The van der Waals surface area contributed by atoms with Gasteiger partial charge in [0, 0.05) is 68.4 Å². The highest BCUT2D eigenvalue weighted by Gasteiger charge is 2.44. The van der Waals surface area contributed by atoms with E-state index in [0.29, 0.717) is 42.2 Å². The van der Waals surface area contributed by atoms with Gasteiger partial charge in [0.05, 0.1) is 43.3 Å². The first-order valence-corrected chi connectivity index (χ1v) is 15.1. The molecular formula is C33H37N7O3. The molecule has 1 saturated carbocycles. The summed E-state index contributed by atoms with van der Waals surface area (Å²) in [5.41, 5.74) is 4.35. The van der Waals surface area contributed by atoms with E-state index in [1.54, 1.807) is 24.9 Å². The number of anilines is 1. The molecule has 10 heteroatoms. The number of piperidine rings is 1. The lowest BCUT2D eigenvalue weighted by Gasteiger charge is -2.56. The van der Waals surface area contributed by atoms with Crippen LogP contribution in [0.4, 0.5) is 5.82 Å². The van der Waals surface area contributed by atoms with Crippen LogP contribution in [0.3, 0.4) is 0 Å². The Morgan fingerprint density at radius 2 is 1.81 bits per heavy atom. The molecule has 4 aliphatic rings. The lowest BCUT2D eigenvalue weighted by atomic mass is 9.87. The summed E-state index contributed by atoms with van der Waals surface area (Å²) in [7, 11) is 3.44. The van der Waals surface area contributed by atoms with Gasteiger partial charge in [0.2, 0.25) is 5.88 Å². The first-order chi connectivity index (χ1) is 21.1. The molecule has 0 spiro atoms. The Kier molecular flexibility index (Phi) is 7.59. The van der Waals surface area contributed by atoms with Crippen molar-refractivity contribution in [1.82, 2.24) is 24.5 Å². The summed E-state index contributed by atoms with van der Waals surface area (Å²) < 4.78 is 18.8. The van der Waals surface area contributed by atoms with Gasteiger partial charge < -0.3 is 19.1 Å². The average molecular weight is 580 g/mol. The van der Waals surface area contributed by atoms with Crippen LogP contribution in [0.15, 0.2) is 55.1 Å². The zero-order chi connectivity index (χ0) is 29.3. The number of hydrogen-bond donors (Lipinski definition) is 0. The van der Waals surface area contributed by atoms with Crippen molar-refractivity contribution in [3.05, 3.63) is 66.2 Å². The van der Waals surface area contributed by atoms with E-state index >= 15 is 0 Å². The summed E-state index contributed by atoms with van der Waals surface area (Å²) in [6, 6.07) is 13.5. The highest BCUT2D eigenvalue weighted by atomic mass is 16.5. The second kappa shape index (κ2) is 11.8. The van der Waals surface area contributed by atoms with E-state index in [4.69, 9.17) is 19.2 Å². The van der Waals surface area contributed by atoms with Crippen molar-refractivity contribution in [2.75, 3.05) is 38.8 Å². The Bertz CT molecular complexity index is 1590. The molecule has 0 radical (unpaired) electrons. The monoisotopic (exact) mass is 579 g/mol. The average Bonchev–Trinajstić information content (AvgIpc) is 3.49. The lowest BCUT2D eigenvalue weighted by Crippen LogP contribution is -2.68. The molecule has 4 aromatic heterocycles. The van der Waals surface area contributed by atoms with E-state index in [2.05, 4.69) is 44.2 Å². The molecule has 1 aliphatic carbocycles. The molecule has 2 atom stereocenters. The number of aromatic nitrogens is 4. The molecule has 222 valence electrons. The first-order valence-electron chi connectivity index (χ1n) is 15.1. The molecule has 2 bridgehead atoms. The molecule has 3 aliphatic heterocycles. The Hall–Kier alpha value is -4.20. The van der Waals surface area contributed by atoms with Crippen molar-refractivity contribution in [2.45, 2.75) is 56.8 Å². The Morgan fingerprint density at radius 3 is 2.49 bits per heavy atom. The molecule has 43 heavy (non-hydrogen) atoms. The highest BCUT2D eigenvalue weighted by molar-refractivity contribution is 5.85. The molecule has 0 aromatic carbocycles. The van der Waals surface area contributed by atoms with Gasteiger partial charge in [0.1, 0.15) is 17.6 Å². The predicted octanol–water partition coefficient (Wildman–Crippen LogP) is 4.72. The van der Waals surface area contributed by atoms with Crippen LogP contribution < -0.4 is 14.4 Å². The predicted molar refractivity (Wildman–Crippen MR) is 162 cm³/mol. The minimum atomic E-state index is 0.370. The largest absolute Gasteiger partial charge is 0.492 e. The van der Waals surface area contributed by atoms with Gasteiger partial charge in [0.25, 0.3) is 0 Å². The van der Waals surface area contributed by atoms with Crippen LogP contribution >= 0.6 is 0 Å². The first kappa shape index (κ1) is 27.6. The van der Waals surface area contributed by atoms with Gasteiger partial charge in [-0.3, -0.25) is 4.90 Å². The number of rotatable bonds is 9. The number of methoxy groups -OCH3 is 2. The molecule has 8 rings (SSSR count). The maximum Gasteiger partial charge on any atom is 0.212 e. The summed E-state index contributed by atoms with van der Waals surface area (Å²) in [5, 5.41) is 14.2. The van der Waals surface area contributed by atoms with Gasteiger partial charge in [-0.05, 0) is 61.8 Å². The van der Waals surface area contributed by atoms with Gasteiger partial charge in [-0.1, -0.05) is 6.07 Å². The Morgan fingerprint density at radius 1 is 0.977 bits per heavy atom. The maximum atomic E-state index is 9.78. The highest BCUT2D eigenvalue weighted by Crippen LogP contribution is 2.37. The summed E-state index contributed by atoms with van der Waals surface area (Å²) in [4.78, 5) is 14.2. The lowest BCUT2D eigenvalue weighted by molar-refractivity contribution is -0.00876. The van der Waals surface area contributed by atoms with E-state index < -0.39 is 0 Å². The standard InChI is InChI=1S/C33H37N7O3/c1-41-28-7-3-22(4-8-28)21-43-29-12-30(33-25(13-34)16-37-40(33)20-29)24-6-9-31(35-15-24)38-18-26-11-27(19-38)39(26)17-23-5-10-32(42-2)36-14-23/h5-6,9-10,12,14-16,20,22,26-28H,3-4,7-8,11,17-19,21H2,1-2H3. The van der Waals surface area contributed by atoms with Crippen molar-refractivity contribution in [3.8, 4) is 28.8 Å². The van der Waals surface area contributed by atoms with E-state index in [1.807, 2.05) is 30.7 Å². The second-order valence-electron chi connectivity index (χ2n) is 12.0.